The third-order valence-corrected chi connectivity index (χ3v) is 3.51. The molecule has 0 fully saturated rings. The Balaban J connectivity index is 1.66. The van der Waals surface area contributed by atoms with E-state index in [1.165, 1.54) is 0 Å². The van der Waals surface area contributed by atoms with Crippen LogP contribution in [0.25, 0.3) is 11.3 Å². The Morgan fingerprint density at radius 3 is 2.67 bits per heavy atom. The van der Waals surface area contributed by atoms with E-state index in [2.05, 4.69) is 15.5 Å². The van der Waals surface area contributed by atoms with Crippen molar-refractivity contribution < 1.29 is 4.42 Å². The zero-order valence-corrected chi connectivity index (χ0v) is 12.4. The molecule has 0 spiro atoms. The molecule has 0 saturated carbocycles. The van der Waals surface area contributed by atoms with Crippen molar-refractivity contribution in [1.29, 1.82) is 0 Å². The average molecular weight is 302 g/mol. The molecule has 2 aromatic heterocycles. The van der Waals surface area contributed by atoms with Crippen LogP contribution in [0.2, 0.25) is 5.02 Å². The van der Waals surface area contributed by atoms with Crippen molar-refractivity contribution in [3.05, 3.63) is 64.7 Å². The first-order valence-electron chi connectivity index (χ1n) is 6.76. The van der Waals surface area contributed by atoms with Gasteiger partial charge in [0.25, 0.3) is 0 Å². The molecule has 5 heteroatoms. The van der Waals surface area contributed by atoms with Crippen LogP contribution in [0.1, 0.15) is 17.1 Å². The first-order chi connectivity index (χ1) is 10.2. The van der Waals surface area contributed by atoms with Crippen LogP contribution in [-0.2, 0) is 13.1 Å². The molecule has 0 bridgehead atoms. The van der Waals surface area contributed by atoms with Gasteiger partial charge in [-0.2, -0.15) is 5.10 Å². The van der Waals surface area contributed by atoms with Crippen molar-refractivity contribution in [1.82, 2.24) is 15.5 Å². The molecule has 4 nitrogen and oxygen atoms in total. The number of hydrogen-bond donors (Lipinski definition) is 2. The number of aromatic amines is 1. The van der Waals surface area contributed by atoms with Crippen molar-refractivity contribution in [3.63, 3.8) is 0 Å². The number of aromatic nitrogens is 2. The van der Waals surface area contributed by atoms with Crippen LogP contribution in [0.4, 0.5) is 0 Å². The molecule has 1 aromatic carbocycles. The summed E-state index contributed by atoms with van der Waals surface area (Å²) in [5, 5.41) is 11.3. The van der Waals surface area contributed by atoms with Crippen LogP contribution < -0.4 is 5.32 Å². The van der Waals surface area contributed by atoms with E-state index < -0.39 is 0 Å². The Bertz CT molecular complexity index is 715. The van der Waals surface area contributed by atoms with Gasteiger partial charge in [-0.05, 0) is 36.8 Å². The van der Waals surface area contributed by atoms with Crippen LogP contribution in [0, 0.1) is 6.92 Å². The standard InChI is InChI=1S/C16H16ClN3O/c1-11-2-7-15(21-11)10-18-8-13-9-19-20-16(13)12-3-5-14(17)6-4-12/h2-7,9,18H,8,10H2,1H3,(H,19,20). The lowest BCUT2D eigenvalue weighted by Gasteiger charge is -2.05. The Hall–Kier alpha value is -2.04. The summed E-state index contributed by atoms with van der Waals surface area (Å²) in [7, 11) is 0. The SMILES string of the molecule is Cc1ccc(CNCc2cn[nH]c2-c2ccc(Cl)cc2)o1. The van der Waals surface area contributed by atoms with E-state index in [4.69, 9.17) is 16.0 Å². The van der Waals surface area contributed by atoms with Crippen molar-refractivity contribution in [3.8, 4) is 11.3 Å². The lowest BCUT2D eigenvalue weighted by molar-refractivity contribution is 0.462. The molecule has 2 heterocycles. The number of hydrogen-bond acceptors (Lipinski definition) is 3. The predicted molar refractivity (Wildman–Crippen MR) is 83.0 cm³/mol. The van der Waals surface area contributed by atoms with Crippen LogP contribution in [0.15, 0.2) is 47.0 Å². The molecule has 3 aromatic rings. The summed E-state index contributed by atoms with van der Waals surface area (Å²) in [6.45, 7) is 3.35. The first kappa shape index (κ1) is 13.9. The number of rotatable bonds is 5. The van der Waals surface area contributed by atoms with Gasteiger partial charge < -0.3 is 9.73 Å². The fourth-order valence-corrected chi connectivity index (χ4v) is 2.34. The minimum Gasteiger partial charge on any atom is -0.465 e. The normalized spacial score (nSPS) is 11.0. The number of aryl methyl sites for hydroxylation is 1. The van der Waals surface area contributed by atoms with Gasteiger partial charge in [0, 0.05) is 17.1 Å². The van der Waals surface area contributed by atoms with Crippen LogP contribution in [0.5, 0.6) is 0 Å². The van der Waals surface area contributed by atoms with Gasteiger partial charge in [0.1, 0.15) is 11.5 Å². The molecule has 108 valence electrons. The zero-order valence-electron chi connectivity index (χ0n) is 11.7. The summed E-state index contributed by atoms with van der Waals surface area (Å²) >= 11 is 5.92. The van der Waals surface area contributed by atoms with Gasteiger partial charge in [-0.1, -0.05) is 23.7 Å². The maximum absolute atomic E-state index is 5.92. The minimum atomic E-state index is 0.694. The average Bonchev–Trinajstić information content (AvgIpc) is 3.09. The summed E-state index contributed by atoms with van der Waals surface area (Å²) in [6.07, 6.45) is 1.84. The van der Waals surface area contributed by atoms with E-state index in [-0.39, 0.29) is 0 Å². The maximum Gasteiger partial charge on any atom is 0.117 e. The molecule has 0 aliphatic heterocycles. The topological polar surface area (TPSA) is 53.9 Å². The molecule has 2 N–H and O–H groups in total. The second-order valence-electron chi connectivity index (χ2n) is 4.89. The Kier molecular flexibility index (Phi) is 4.08. The van der Waals surface area contributed by atoms with E-state index >= 15 is 0 Å². The van der Waals surface area contributed by atoms with Crippen molar-refractivity contribution in [2.75, 3.05) is 0 Å². The molecule has 0 atom stereocenters. The second kappa shape index (κ2) is 6.16. The van der Waals surface area contributed by atoms with Gasteiger partial charge in [0.05, 0.1) is 18.4 Å². The molecule has 0 saturated heterocycles. The third-order valence-electron chi connectivity index (χ3n) is 3.26. The highest BCUT2D eigenvalue weighted by molar-refractivity contribution is 6.30. The van der Waals surface area contributed by atoms with Crippen LogP contribution in [-0.4, -0.2) is 10.2 Å². The molecule has 0 unspecified atom stereocenters. The Labute approximate surface area is 128 Å². The molecule has 0 aliphatic carbocycles. The summed E-state index contributed by atoms with van der Waals surface area (Å²) in [6, 6.07) is 11.7. The number of nitrogens with one attached hydrogen (secondary N) is 2. The highest BCUT2D eigenvalue weighted by atomic mass is 35.5. The van der Waals surface area contributed by atoms with Gasteiger partial charge in [-0.15, -0.1) is 0 Å². The summed E-state index contributed by atoms with van der Waals surface area (Å²) in [5.74, 6) is 1.86. The monoisotopic (exact) mass is 301 g/mol. The molecular weight excluding hydrogens is 286 g/mol. The number of benzene rings is 1. The van der Waals surface area contributed by atoms with Crippen LogP contribution in [0.3, 0.4) is 0 Å². The van der Waals surface area contributed by atoms with Crippen molar-refractivity contribution in [2.45, 2.75) is 20.0 Å². The van der Waals surface area contributed by atoms with Crippen molar-refractivity contribution >= 4 is 11.6 Å². The van der Waals surface area contributed by atoms with E-state index in [0.717, 1.165) is 33.4 Å². The highest BCUT2D eigenvalue weighted by Gasteiger charge is 2.08. The Morgan fingerprint density at radius 2 is 1.95 bits per heavy atom. The maximum atomic E-state index is 5.92. The molecular formula is C16H16ClN3O. The fourth-order valence-electron chi connectivity index (χ4n) is 2.21. The second-order valence-corrected chi connectivity index (χ2v) is 5.33. The number of H-pyrrole nitrogens is 1. The number of halogens is 1. The largest absolute Gasteiger partial charge is 0.465 e. The smallest absolute Gasteiger partial charge is 0.117 e. The molecule has 0 aliphatic rings. The molecule has 0 radical (unpaired) electrons. The molecule has 3 rings (SSSR count). The van der Waals surface area contributed by atoms with E-state index in [1.807, 2.05) is 49.5 Å². The van der Waals surface area contributed by atoms with Gasteiger partial charge in [-0.25, -0.2) is 0 Å². The summed E-state index contributed by atoms with van der Waals surface area (Å²) < 4.78 is 5.53. The number of nitrogens with zero attached hydrogens (tertiary/aromatic N) is 1. The lowest BCUT2D eigenvalue weighted by atomic mass is 10.1. The summed E-state index contributed by atoms with van der Waals surface area (Å²) in [4.78, 5) is 0. The zero-order chi connectivity index (χ0) is 14.7. The van der Waals surface area contributed by atoms with Gasteiger partial charge in [-0.3, -0.25) is 5.10 Å². The van der Waals surface area contributed by atoms with Crippen molar-refractivity contribution in [2.24, 2.45) is 0 Å². The highest BCUT2D eigenvalue weighted by Crippen LogP contribution is 2.22. The quantitative estimate of drug-likeness (QED) is 0.751. The summed E-state index contributed by atoms with van der Waals surface area (Å²) in [5.41, 5.74) is 3.19. The lowest BCUT2D eigenvalue weighted by Crippen LogP contribution is -2.12. The number of furan rings is 1. The third kappa shape index (κ3) is 3.35. The predicted octanol–water partition coefficient (Wildman–Crippen LogP) is 3.92. The fraction of sp³-hybridized carbons (Fsp3) is 0.188. The van der Waals surface area contributed by atoms with E-state index in [9.17, 15) is 0 Å². The van der Waals surface area contributed by atoms with Gasteiger partial charge >= 0.3 is 0 Å². The van der Waals surface area contributed by atoms with E-state index in [1.54, 1.807) is 0 Å². The first-order valence-corrected chi connectivity index (χ1v) is 7.14. The Morgan fingerprint density at radius 1 is 1.14 bits per heavy atom. The van der Waals surface area contributed by atoms with E-state index in [0.29, 0.717) is 13.1 Å². The molecule has 21 heavy (non-hydrogen) atoms. The van der Waals surface area contributed by atoms with Crippen LogP contribution >= 0.6 is 11.6 Å². The minimum absolute atomic E-state index is 0.694. The molecule has 0 amide bonds. The van der Waals surface area contributed by atoms with Gasteiger partial charge in [0.2, 0.25) is 0 Å². The van der Waals surface area contributed by atoms with Gasteiger partial charge in [0.15, 0.2) is 0 Å².